The second-order valence-electron chi connectivity index (χ2n) is 6.68. The van der Waals surface area contributed by atoms with Crippen LogP contribution in [0.4, 0.5) is 0 Å². The smallest absolute Gasteiger partial charge is 0.280 e. The number of nitrogens with zero attached hydrogens (tertiary/aromatic N) is 1. The summed E-state index contributed by atoms with van der Waals surface area (Å²) in [7, 11) is 0. The summed E-state index contributed by atoms with van der Waals surface area (Å²) in [5.74, 6) is 0.314. The van der Waals surface area contributed by atoms with Gasteiger partial charge < -0.3 is 4.74 Å². The van der Waals surface area contributed by atoms with Crippen molar-refractivity contribution in [1.29, 1.82) is 0 Å². The minimum atomic E-state index is -0.669. The molecule has 1 N–H and O–H groups in total. The van der Waals surface area contributed by atoms with Crippen LogP contribution < -0.4 is 10.2 Å². The zero-order valence-electron chi connectivity index (χ0n) is 15.8. The summed E-state index contributed by atoms with van der Waals surface area (Å²) in [4.78, 5) is 12.4. The molecule has 4 nitrogen and oxygen atoms in total. The number of rotatable bonds is 5. The van der Waals surface area contributed by atoms with Crippen molar-refractivity contribution in [3.8, 4) is 5.75 Å². The summed E-state index contributed by atoms with van der Waals surface area (Å²) in [5, 5.41) is 8.64. The maximum atomic E-state index is 12.4. The van der Waals surface area contributed by atoms with Crippen molar-refractivity contribution in [2.45, 2.75) is 13.0 Å². The molecule has 0 saturated heterocycles. The molecule has 0 bridgehead atoms. The van der Waals surface area contributed by atoms with Crippen molar-refractivity contribution >= 4 is 49.6 Å². The van der Waals surface area contributed by atoms with E-state index in [9.17, 15) is 4.79 Å². The zero-order valence-corrected chi connectivity index (χ0v) is 17.4. The van der Waals surface area contributed by atoms with Crippen LogP contribution in [0.1, 0.15) is 12.5 Å². The van der Waals surface area contributed by atoms with Gasteiger partial charge in [-0.05, 0) is 58.8 Å². The molecule has 4 rings (SSSR count). The van der Waals surface area contributed by atoms with Crippen LogP contribution in [0.5, 0.6) is 5.75 Å². The third-order valence-electron chi connectivity index (χ3n) is 4.68. The van der Waals surface area contributed by atoms with E-state index < -0.39 is 6.10 Å². The molecule has 0 radical (unpaired) electrons. The molecule has 1 atom stereocenters. The molecular weight excluding hydrogens is 428 g/mol. The molecule has 1 amide bonds. The van der Waals surface area contributed by atoms with Crippen LogP contribution in [0.3, 0.4) is 0 Å². The second kappa shape index (κ2) is 8.45. The van der Waals surface area contributed by atoms with E-state index in [4.69, 9.17) is 4.74 Å². The third-order valence-corrected chi connectivity index (χ3v) is 5.21. The number of carbonyl (C=O) groups excluding carboxylic acids is 1. The maximum Gasteiger partial charge on any atom is 0.280 e. The van der Waals surface area contributed by atoms with Crippen molar-refractivity contribution in [1.82, 2.24) is 5.43 Å². The predicted molar refractivity (Wildman–Crippen MR) is 121 cm³/mol. The zero-order chi connectivity index (χ0) is 20.2. The van der Waals surface area contributed by atoms with E-state index in [-0.39, 0.29) is 5.91 Å². The maximum absolute atomic E-state index is 12.4. The number of fused-ring (bicyclic) bond motifs is 2. The van der Waals surface area contributed by atoms with E-state index in [1.165, 1.54) is 0 Å². The largest absolute Gasteiger partial charge is 0.481 e. The number of hydrogen-bond acceptors (Lipinski definition) is 3. The second-order valence-corrected chi connectivity index (χ2v) is 7.60. The molecule has 0 fully saturated rings. The Balaban J connectivity index is 1.54. The molecule has 0 unspecified atom stereocenters. The third kappa shape index (κ3) is 4.30. The minimum absolute atomic E-state index is 0.311. The highest BCUT2D eigenvalue weighted by atomic mass is 79.9. The van der Waals surface area contributed by atoms with Crippen LogP contribution in [0.2, 0.25) is 0 Å². The Morgan fingerprint density at radius 1 is 0.966 bits per heavy atom. The molecule has 0 aliphatic rings. The van der Waals surface area contributed by atoms with E-state index in [1.807, 2.05) is 36.4 Å². The molecule has 0 aromatic heterocycles. The monoisotopic (exact) mass is 446 g/mol. The SMILES string of the molecule is C[C@H](Oc1ccc(Br)cc1)C(=O)NN=Cc1c2ccccc2cc2ccccc12. The van der Waals surface area contributed by atoms with Gasteiger partial charge in [-0.15, -0.1) is 0 Å². The Morgan fingerprint density at radius 3 is 2.17 bits per heavy atom. The van der Waals surface area contributed by atoms with Gasteiger partial charge in [0, 0.05) is 10.0 Å². The average molecular weight is 447 g/mol. The van der Waals surface area contributed by atoms with Gasteiger partial charge in [0.15, 0.2) is 6.10 Å². The lowest BCUT2D eigenvalue weighted by molar-refractivity contribution is -0.127. The van der Waals surface area contributed by atoms with Crippen molar-refractivity contribution in [2.24, 2.45) is 5.10 Å². The summed E-state index contributed by atoms with van der Waals surface area (Å²) in [6.45, 7) is 1.69. The Hall–Kier alpha value is -3.18. The first-order valence-corrected chi connectivity index (χ1v) is 10.1. The Labute approximate surface area is 177 Å². The average Bonchev–Trinajstić information content (AvgIpc) is 2.74. The number of benzene rings is 4. The number of amides is 1. The van der Waals surface area contributed by atoms with Gasteiger partial charge in [0.05, 0.1) is 6.21 Å². The van der Waals surface area contributed by atoms with Crippen LogP contribution in [0, 0.1) is 0 Å². The topological polar surface area (TPSA) is 50.7 Å². The van der Waals surface area contributed by atoms with E-state index in [2.05, 4.69) is 56.8 Å². The summed E-state index contributed by atoms with van der Waals surface area (Å²) < 4.78 is 6.62. The fourth-order valence-electron chi connectivity index (χ4n) is 3.21. The van der Waals surface area contributed by atoms with Crippen molar-refractivity contribution in [3.05, 3.63) is 88.9 Å². The highest BCUT2D eigenvalue weighted by molar-refractivity contribution is 9.10. The molecule has 0 heterocycles. The number of hydrazone groups is 1. The summed E-state index contributed by atoms with van der Waals surface area (Å²) >= 11 is 3.38. The van der Waals surface area contributed by atoms with Gasteiger partial charge in [0.25, 0.3) is 5.91 Å². The highest BCUT2D eigenvalue weighted by Crippen LogP contribution is 2.27. The normalized spacial score (nSPS) is 12.3. The van der Waals surface area contributed by atoms with Gasteiger partial charge >= 0.3 is 0 Å². The van der Waals surface area contributed by atoms with Gasteiger partial charge in [0.1, 0.15) is 5.75 Å². The minimum Gasteiger partial charge on any atom is -0.481 e. The van der Waals surface area contributed by atoms with E-state index in [1.54, 1.807) is 25.3 Å². The molecule has 29 heavy (non-hydrogen) atoms. The fraction of sp³-hybridized carbons (Fsp3) is 0.0833. The molecular formula is C24H19BrN2O2. The van der Waals surface area contributed by atoms with Gasteiger partial charge in [-0.1, -0.05) is 64.5 Å². The van der Waals surface area contributed by atoms with Gasteiger partial charge in [-0.3, -0.25) is 4.79 Å². The molecule has 4 aromatic rings. The van der Waals surface area contributed by atoms with Crippen molar-refractivity contribution in [2.75, 3.05) is 0 Å². The molecule has 0 aliphatic heterocycles. The number of hydrogen-bond donors (Lipinski definition) is 1. The highest BCUT2D eigenvalue weighted by Gasteiger charge is 2.14. The van der Waals surface area contributed by atoms with Crippen LogP contribution in [0.15, 0.2) is 88.4 Å². The number of nitrogens with one attached hydrogen (secondary N) is 1. The van der Waals surface area contributed by atoms with Crippen molar-refractivity contribution in [3.63, 3.8) is 0 Å². The van der Waals surface area contributed by atoms with Gasteiger partial charge in [0.2, 0.25) is 0 Å². The molecule has 5 heteroatoms. The van der Waals surface area contributed by atoms with Crippen LogP contribution >= 0.6 is 15.9 Å². The summed E-state index contributed by atoms with van der Waals surface area (Å²) in [6.07, 6.45) is 1.03. The van der Waals surface area contributed by atoms with E-state index >= 15 is 0 Å². The van der Waals surface area contributed by atoms with Crippen LogP contribution in [0.25, 0.3) is 21.5 Å². The summed E-state index contributed by atoms with van der Waals surface area (Å²) in [6, 6.07) is 25.8. The lowest BCUT2D eigenvalue weighted by Gasteiger charge is -2.13. The molecule has 0 saturated carbocycles. The quantitative estimate of drug-likeness (QED) is 0.243. The molecule has 144 valence electrons. The Kier molecular flexibility index (Phi) is 5.58. The lowest BCUT2D eigenvalue weighted by Crippen LogP contribution is -2.33. The number of halogens is 1. The van der Waals surface area contributed by atoms with Crippen molar-refractivity contribution < 1.29 is 9.53 Å². The fourth-order valence-corrected chi connectivity index (χ4v) is 3.47. The molecule has 0 spiro atoms. The lowest BCUT2D eigenvalue weighted by atomic mass is 9.97. The molecule has 4 aromatic carbocycles. The van der Waals surface area contributed by atoms with Crippen LogP contribution in [-0.4, -0.2) is 18.2 Å². The Morgan fingerprint density at radius 2 is 1.55 bits per heavy atom. The molecule has 0 aliphatic carbocycles. The first-order chi connectivity index (χ1) is 14.1. The van der Waals surface area contributed by atoms with Crippen LogP contribution in [-0.2, 0) is 4.79 Å². The summed E-state index contributed by atoms with van der Waals surface area (Å²) in [5.41, 5.74) is 3.56. The first kappa shape index (κ1) is 19.2. The van der Waals surface area contributed by atoms with E-state index in [0.29, 0.717) is 5.75 Å². The number of ether oxygens (including phenoxy) is 1. The van der Waals surface area contributed by atoms with Gasteiger partial charge in [-0.2, -0.15) is 5.10 Å². The first-order valence-electron chi connectivity index (χ1n) is 9.27. The number of carbonyl (C=O) groups is 1. The van der Waals surface area contributed by atoms with Gasteiger partial charge in [-0.25, -0.2) is 5.43 Å². The van der Waals surface area contributed by atoms with E-state index in [0.717, 1.165) is 31.6 Å². The standard InChI is InChI=1S/C24H19BrN2O2/c1-16(29-20-12-10-19(25)11-13-20)24(28)27-26-15-23-21-8-4-2-6-17(21)14-18-7-3-5-9-22(18)23/h2-16H,1H3,(H,27,28)/t16-/m0/s1. The predicted octanol–water partition coefficient (Wildman–Crippen LogP) is 5.67. The Bertz CT molecular complexity index is 1150.